The third-order valence-electron chi connectivity index (χ3n) is 3.57. The second kappa shape index (κ2) is 8.31. The fraction of sp³-hybridized carbons (Fsp3) is 1.00. The van der Waals surface area contributed by atoms with Crippen molar-refractivity contribution in [3.63, 3.8) is 0 Å². The van der Waals surface area contributed by atoms with E-state index in [-0.39, 0.29) is 0 Å². The lowest BCUT2D eigenvalue weighted by Gasteiger charge is -2.33. The second-order valence-electron chi connectivity index (χ2n) is 6.85. The van der Waals surface area contributed by atoms with E-state index in [4.69, 9.17) is 4.43 Å². The molecule has 17 heavy (non-hydrogen) atoms. The van der Waals surface area contributed by atoms with Gasteiger partial charge in [0.05, 0.1) is 0 Å². The van der Waals surface area contributed by atoms with Gasteiger partial charge in [0.25, 0.3) is 0 Å². The first kappa shape index (κ1) is 17.2. The highest BCUT2D eigenvalue weighted by Gasteiger charge is 2.34. The van der Waals surface area contributed by atoms with Crippen LogP contribution in [0.1, 0.15) is 54.4 Å². The molecule has 0 radical (unpaired) electrons. The molecule has 0 N–H and O–H groups in total. The summed E-state index contributed by atoms with van der Waals surface area (Å²) >= 11 is 0. The zero-order valence-electron chi connectivity index (χ0n) is 13.2. The number of hydrogen-bond acceptors (Lipinski definition) is 1. The molecule has 0 unspecified atom stereocenters. The summed E-state index contributed by atoms with van der Waals surface area (Å²) in [6, 6.07) is 4.04. The summed E-state index contributed by atoms with van der Waals surface area (Å²) in [7, 11) is 0.509. The fourth-order valence-electron chi connectivity index (χ4n) is 2.46. The van der Waals surface area contributed by atoms with E-state index >= 15 is 0 Å². The predicted octanol–water partition coefficient (Wildman–Crippen LogP) is 5.33. The lowest BCUT2D eigenvalue weighted by atomic mass is 10.2. The Labute approximate surface area is 110 Å². The monoisotopic (exact) mass is 258 g/mol. The third kappa shape index (κ3) is 7.99. The zero-order valence-corrected chi connectivity index (χ0v) is 14.2. The second-order valence-corrected chi connectivity index (χ2v) is 11.0. The van der Waals surface area contributed by atoms with E-state index in [1.54, 1.807) is 0 Å². The maximum Gasteiger partial charge on any atom is 0.192 e. The minimum atomic E-state index is -1.46. The maximum atomic E-state index is 6.09. The predicted molar refractivity (Wildman–Crippen MR) is 80.9 cm³/mol. The van der Waals surface area contributed by atoms with Crippen molar-refractivity contribution >= 4 is 8.32 Å². The summed E-state index contributed by atoms with van der Waals surface area (Å²) in [5.41, 5.74) is 0. The van der Waals surface area contributed by atoms with Gasteiger partial charge in [-0.2, -0.15) is 0 Å². The van der Waals surface area contributed by atoms with Crippen LogP contribution in [0.25, 0.3) is 0 Å². The van der Waals surface area contributed by atoms with Crippen molar-refractivity contribution < 1.29 is 4.43 Å². The molecule has 0 amide bonds. The molecular formula is C15H34OSi. The Morgan fingerprint density at radius 3 is 1.41 bits per heavy atom. The first-order valence-corrected chi connectivity index (χ1v) is 9.89. The summed E-state index contributed by atoms with van der Waals surface area (Å²) in [4.78, 5) is 0. The van der Waals surface area contributed by atoms with Gasteiger partial charge in [-0.15, -0.1) is 0 Å². The van der Waals surface area contributed by atoms with Gasteiger partial charge in [-0.05, 0) is 35.9 Å². The average Bonchev–Trinajstić information content (AvgIpc) is 2.21. The molecule has 104 valence electrons. The quantitative estimate of drug-likeness (QED) is 0.508. The lowest BCUT2D eigenvalue weighted by Crippen LogP contribution is -2.39. The van der Waals surface area contributed by atoms with Crippen LogP contribution in [0.4, 0.5) is 0 Å². The minimum absolute atomic E-state index is 0.779. The van der Waals surface area contributed by atoms with Crippen LogP contribution in [0.3, 0.4) is 0 Å². The van der Waals surface area contributed by atoms with Gasteiger partial charge in [-0.25, -0.2) is 0 Å². The Balaban J connectivity index is 4.50. The SMILES string of the molecule is CO[Si](CCC(C)C)(CCC(C)C)CC(C)C. The molecule has 0 saturated heterocycles. The van der Waals surface area contributed by atoms with Gasteiger partial charge in [-0.1, -0.05) is 54.4 Å². The third-order valence-corrected chi connectivity index (χ3v) is 8.39. The maximum absolute atomic E-state index is 6.09. The molecule has 0 heterocycles. The van der Waals surface area contributed by atoms with Crippen molar-refractivity contribution in [2.75, 3.05) is 7.11 Å². The summed E-state index contributed by atoms with van der Waals surface area (Å²) in [5, 5.41) is 0. The summed E-state index contributed by atoms with van der Waals surface area (Å²) < 4.78 is 6.09. The van der Waals surface area contributed by atoms with E-state index in [0.717, 1.165) is 17.8 Å². The Morgan fingerprint density at radius 1 is 0.765 bits per heavy atom. The van der Waals surface area contributed by atoms with Crippen LogP contribution in [0, 0.1) is 17.8 Å². The van der Waals surface area contributed by atoms with Crippen LogP contribution in [0.2, 0.25) is 18.1 Å². The highest BCUT2D eigenvalue weighted by molar-refractivity contribution is 6.73. The molecule has 0 aliphatic rings. The van der Waals surface area contributed by atoms with E-state index in [2.05, 4.69) is 41.5 Å². The van der Waals surface area contributed by atoms with Crippen molar-refractivity contribution in [1.82, 2.24) is 0 Å². The standard InChI is InChI=1S/C15H34OSi/c1-13(2)8-10-17(16-7,12-15(5)6)11-9-14(3)4/h13-15H,8-12H2,1-7H3. The van der Waals surface area contributed by atoms with Crippen LogP contribution in [-0.2, 0) is 4.43 Å². The molecule has 0 fully saturated rings. The summed E-state index contributed by atoms with van der Waals surface area (Å²) in [6.07, 6.45) is 2.68. The molecule has 0 saturated carbocycles. The number of rotatable bonds is 9. The van der Waals surface area contributed by atoms with E-state index in [0.29, 0.717) is 0 Å². The van der Waals surface area contributed by atoms with E-state index < -0.39 is 8.32 Å². The van der Waals surface area contributed by atoms with Gasteiger partial charge >= 0.3 is 0 Å². The molecule has 0 atom stereocenters. The summed E-state index contributed by atoms with van der Waals surface area (Å²) in [5.74, 6) is 2.40. The largest absolute Gasteiger partial charge is 0.420 e. The molecule has 0 aromatic rings. The molecule has 0 aliphatic heterocycles. The molecular weight excluding hydrogens is 224 g/mol. The van der Waals surface area contributed by atoms with Crippen LogP contribution >= 0.6 is 0 Å². The number of hydrogen-bond donors (Lipinski definition) is 0. The van der Waals surface area contributed by atoms with Gasteiger partial charge < -0.3 is 4.43 Å². The van der Waals surface area contributed by atoms with Gasteiger partial charge in [0.1, 0.15) is 0 Å². The summed E-state index contributed by atoms with van der Waals surface area (Å²) in [6.45, 7) is 14.0. The van der Waals surface area contributed by atoms with E-state index in [1.165, 1.54) is 31.0 Å². The highest BCUT2D eigenvalue weighted by Crippen LogP contribution is 2.31. The molecule has 0 rings (SSSR count). The Kier molecular flexibility index (Phi) is 8.40. The highest BCUT2D eigenvalue weighted by atomic mass is 28.4. The van der Waals surface area contributed by atoms with E-state index in [9.17, 15) is 0 Å². The van der Waals surface area contributed by atoms with Crippen molar-refractivity contribution in [1.29, 1.82) is 0 Å². The fourth-order valence-corrected chi connectivity index (χ4v) is 7.39. The molecule has 0 bridgehead atoms. The smallest absolute Gasteiger partial charge is 0.192 e. The first-order chi connectivity index (χ1) is 7.81. The van der Waals surface area contributed by atoms with E-state index in [1.807, 2.05) is 7.11 Å². The van der Waals surface area contributed by atoms with Gasteiger partial charge in [-0.3, -0.25) is 0 Å². The molecule has 0 spiro atoms. The Hall–Kier alpha value is 0.177. The van der Waals surface area contributed by atoms with Crippen molar-refractivity contribution in [3.8, 4) is 0 Å². The van der Waals surface area contributed by atoms with Crippen LogP contribution in [-0.4, -0.2) is 15.4 Å². The van der Waals surface area contributed by atoms with Crippen LogP contribution in [0.15, 0.2) is 0 Å². The topological polar surface area (TPSA) is 9.23 Å². The zero-order chi connectivity index (χ0) is 13.5. The lowest BCUT2D eigenvalue weighted by molar-refractivity contribution is 0.370. The molecule has 0 aromatic heterocycles. The molecule has 1 nitrogen and oxygen atoms in total. The first-order valence-electron chi connectivity index (χ1n) is 7.36. The van der Waals surface area contributed by atoms with Gasteiger partial charge in [0.15, 0.2) is 8.32 Å². The minimum Gasteiger partial charge on any atom is -0.420 e. The van der Waals surface area contributed by atoms with Crippen molar-refractivity contribution in [3.05, 3.63) is 0 Å². The molecule has 0 aliphatic carbocycles. The molecule has 2 heteroatoms. The van der Waals surface area contributed by atoms with Gasteiger partial charge in [0.2, 0.25) is 0 Å². The normalized spacial score (nSPS) is 13.1. The van der Waals surface area contributed by atoms with Crippen LogP contribution in [0.5, 0.6) is 0 Å². The van der Waals surface area contributed by atoms with Gasteiger partial charge in [0, 0.05) is 7.11 Å². The van der Waals surface area contributed by atoms with Crippen molar-refractivity contribution in [2.24, 2.45) is 17.8 Å². The van der Waals surface area contributed by atoms with Crippen LogP contribution < -0.4 is 0 Å². The average molecular weight is 259 g/mol. The Morgan fingerprint density at radius 2 is 1.18 bits per heavy atom. The molecule has 0 aromatic carbocycles. The Bertz CT molecular complexity index is 175. The van der Waals surface area contributed by atoms with Crippen molar-refractivity contribution in [2.45, 2.75) is 72.5 Å².